The van der Waals surface area contributed by atoms with Gasteiger partial charge in [-0.3, -0.25) is 0 Å². The molecule has 3 aromatic carbocycles. The molecule has 1 saturated heterocycles. The van der Waals surface area contributed by atoms with Crippen molar-refractivity contribution in [2.24, 2.45) is 0 Å². The van der Waals surface area contributed by atoms with E-state index in [-0.39, 0.29) is 5.25 Å². The Bertz CT molecular complexity index is 922. The van der Waals surface area contributed by atoms with Crippen LogP contribution in [0, 0.1) is 0 Å². The molecule has 1 aliphatic heterocycles. The second-order valence-electron chi connectivity index (χ2n) is 8.14. The maximum atomic E-state index is 11.1. The van der Waals surface area contributed by atoms with Crippen LogP contribution < -0.4 is 0 Å². The van der Waals surface area contributed by atoms with Crippen molar-refractivity contribution in [2.45, 2.75) is 49.3 Å². The molecule has 168 valence electrons. The lowest BCUT2D eigenvalue weighted by atomic mass is 9.97. The number of aliphatic hydroxyl groups is 2. The van der Waals surface area contributed by atoms with E-state index in [1.165, 1.54) is 5.56 Å². The first kappa shape index (κ1) is 23.0. The van der Waals surface area contributed by atoms with Crippen LogP contribution in [0.4, 0.5) is 0 Å². The third kappa shape index (κ3) is 6.21. The lowest BCUT2D eigenvalue weighted by Gasteiger charge is -2.31. The van der Waals surface area contributed by atoms with E-state index in [1.54, 1.807) is 11.8 Å². The van der Waals surface area contributed by atoms with Gasteiger partial charge in [-0.25, -0.2) is 0 Å². The molecule has 0 bridgehead atoms. The second-order valence-corrected chi connectivity index (χ2v) is 9.41. The van der Waals surface area contributed by atoms with Gasteiger partial charge in [0.15, 0.2) is 0 Å². The summed E-state index contributed by atoms with van der Waals surface area (Å²) in [6.45, 7) is 0.783. The Morgan fingerprint density at radius 2 is 1.16 bits per heavy atom. The zero-order valence-corrected chi connectivity index (χ0v) is 18.8. The number of thioether (sulfide) groups is 1. The van der Waals surface area contributed by atoms with Gasteiger partial charge in [0.25, 0.3) is 0 Å². The fourth-order valence-corrected chi connectivity index (χ4v) is 5.43. The fraction of sp³-hybridized carbons (Fsp3) is 0.333. The highest BCUT2D eigenvalue weighted by molar-refractivity contribution is 8.00. The highest BCUT2D eigenvalue weighted by Gasteiger charge is 2.42. The van der Waals surface area contributed by atoms with Crippen LogP contribution in [0.15, 0.2) is 91.0 Å². The topological polar surface area (TPSA) is 58.9 Å². The highest BCUT2D eigenvalue weighted by atomic mass is 32.2. The van der Waals surface area contributed by atoms with E-state index in [2.05, 4.69) is 12.1 Å². The molecule has 1 heterocycles. The van der Waals surface area contributed by atoms with Crippen molar-refractivity contribution in [1.82, 2.24) is 0 Å². The zero-order chi connectivity index (χ0) is 22.2. The summed E-state index contributed by atoms with van der Waals surface area (Å²) in [7, 11) is 0. The summed E-state index contributed by atoms with van der Waals surface area (Å²) in [6, 6.07) is 30.0. The number of benzene rings is 3. The first-order valence-electron chi connectivity index (χ1n) is 11.0. The Balaban J connectivity index is 1.48. The van der Waals surface area contributed by atoms with Crippen LogP contribution in [0.3, 0.4) is 0 Å². The summed E-state index contributed by atoms with van der Waals surface area (Å²) >= 11 is 1.70. The lowest BCUT2D eigenvalue weighted by molar-refractivity contribution is -0.134. The standard InChI is InChI=1S/C27H30O4S/c28-25-23(30-17-21-12-6-2-7-13-21)19-32-24(16-20-10-4-1-5-11-20)27(26(25)29)31-18-22-14-8-3-9-15-22/h1-15,23-29H,16-19H2. The largest absolute Gasteiger partial charge is 0.388 e. The maximum absolute atomic E-state index is 11.1. The van der Waals surface area contributed by atoms with Crippen molar-refractivity contribution in [3.05, 3.63) is 108 Å². The van der Waals surface area contributed by atoms with E-state index in [0.29, 0.717) is 19.0 Å². The summed E-state index contributed by atoms with van der Waals surface area (Å²) in [4.78, 5) is 0. The van der Waals surface area contributed by atoms with Gasteiger partial charge in [-0.2, -0.15) is 11.8 Å². The van der Waals surface area contributed by atoms with Crippen LogP contribution in [0.5, 0.6) is 0 Å². The summed E-state index contributed by atoms with van der Waals surface area (Å²) < 4.78 is 12.3. The van der Waals surface area contributed by atoms with Gasteiger partial charge in [-0.05, 0) is 23.1 Å². The average molecular weight is 451 g/mol. The highest BCUT2D eigenvalue weighted by Crippen LogP contribution is 2.32. The quantitative estimate of drug-likeness (QED) is 0.538. The van der Waals surface area contributed by atoms with Crippen molar-refractivity contribution in [3.63, 3.8) is 0 Å². The first-order valence-corrected chi connectivity index (χ1v) is 12.1. The molecule has 4 nitrogen and oxygen atoms in total. The van der Waals surface area contributed by atoms with Crippen molar-refractivity contribution in [2.75, 3.05) is 5.75 Å². The van der Waals surface area contributed by atoms with E-state index in [0.717, 1.165) is 17.5 Å². The third-order valence-electron chi connectivity index (χ3n) is 5.78. The number of ether oxygens (including phenoxy) is 2. The van der Waals surface area contributed by atoms with Crippen LogP contribution in [-0.2, 0) is 29.1 Å². The molecule has 0 amide bonds. The molecule has 4 rings (SSSR count). The first-order chi connectivity index (χ1) is 15.7. The molecule has 0 spiro atoms. The number of aliphatic hydroxyl groups excluding tert-OH is 2. The van der Waals surface area contributed by atoms with Crippen LogP contribution in [-0.4, -0.2) is 45.6 Å². The molecular formula is C27H30O4S. The van der Waals surface area contributed by atoms with Crippen molar-refractivity contribution >= 4 is 11.8 Å². The molecule has 32 heavy (non-hydrogen) atoms. The smallest absolute Gasteiger partial charge is 0.110 e. The minimum Gasteiger partial charge on any atom is -0.388 e. The minimum atomic E-state index is -1.04. The van der Waals surface area contributed by atoms with E-state index < -0.39 is 24.4 Å². The average Bonchev–Trinajstić information content (AvgIpc) is 2.95. The molecule has 5 heteroatoms. The molecule has 0 saturated carbocycles. The fourth-order valence-electron chi connectivity index (χ4n) is 3.96. The Kier molecular flexibility index (Phi) is 8.37. The SMILES string of the molecule is OC1C(OCc2ccccc2)CSC(Cc2ccccc2)C(OCc2ccccc2)C1O. The second kappa shape index (κ2) is 11.6. The van der Waals surface area contributed by atoms with Gasteiger partial charge in [-0.15, -0.1) is 0 Å². The minimum absolute atomic E-state index is 0.00362. The summed E-state index contributed by atoms with van der Waals surface area (Å²) in [6.07, 6.45) is -2.30. The van der Waals surface area contributed by atoms with Crippen LogP contribution in [0.1, 0.15) is 16.7 Å². The Morgan fingerprint density at radius 1 is 0.656 bits per heavy atom. The molecule has 1 fully saturated rings. The predicted molar refractivity (Wildman–Crippen MR) is 128 cm³/mol. The Hall–Kier alpha value is -2.15. The van der Waals surface area contributed by atoms with Gasteiger partial charge in [-0.1, -0.05) is 91.0 Å². The van der Waals surface area contributed by atoms with Gasteiger partial charge in [0.2, 0.25) is 0 Å². The van der Waals surface area contributed by atoms with Gasteiger partial charge in [0.05, 0.1) is 25.4 Å². The van der Waals surface area contributed by atoms with E-state index in [9.17, 15) is 10.2 Å². The summed E-state index contributed by atoms with van der Waals surface area (Å²) in [5.74, 6) is 0.591. The summed E-state index contributed by atoms with van der Waals surface area (Å²) in [5, 5.41) is 22.1. The third-order valence-corrected chi connectivity index (χ3v) is 7.16. The van der Waals surface area contributed by atoms with Gasteiger partial charge < -0.3 is 19.7 Å². The molecule has 0 radical (unpaired) electrons. The molecule has 5 atom stereocenters. The number of hydrogen-bond acceptors (Lipinski definition) is 5. The van der Waals surface area contributed by atoms with E-state index in [4.69, 9.17) is 9.47 Å². The molecule has 1 aliphatic rings. The Labute approximate surface area is 194 Å². The zero-order valence-electron chi connectivity index (χ0n) is 18.0. The van der Waals surface area contributed by atoms with Crippen LogP contribution in [0.2, 0.25) is 0 Å². The number of hydrogen-bond donors (Lipinski definition) is 2. The van der Waals surface area contributed by atoms with Crippen LogP contribution in [0.25, 0.3) is 0 Å². The molecule has 3 aromatic rings. The van der Waals surface area contributed by atoms with Crippen molar-refractivity contribution in [1.29, 1.82) is 0 Å². The number of rotatable bonds is 8. The van der Waals surface area contributed by atoms with E-state index >= 15 is 0 Å². The monoisotopic (exact) mass is 450 g/mol. The van der Waals surface area contributed by atoms with Gasteiger partial charge in [0, 0.05) is 11.0 Å². The lowest BCUT2D eigenvalue weighted by Crippen LogP contribution is -2.48. The molecular weight excluding hydrogens is 420 g/mol. The van der Waals surface area contributed by atoms with E-state index in [1.807, 2.05) is 78.9 Å². The van der Waals surface area contributed by atoms with Gasteiger partial charge >= 0.3 is 0 Å². The van der Waals surface area contributed by atoms with Crippen molar-refractivity contribution < 1.29 is 19.7 Å². The predicted octanol–water partition coefficient (Wildman–Crippen LogP) is 4.24. The molecule has 0 aliphatic carbocycles. The normalized spacial score (nSPS) is 25.9. The molecule has 0 aromatic heterocycles. The Morgan fingerprint density at radius 3 is 1.72 bits per heavy atom. The van der Waals surface area contributed by atoms with Crippen molar-refractivity contribution in [3.8, 4) is 0 Å². The van der Waals surface area contributed by atoms with Gasteiger partial charge in [0.1, 0.15) is 12.2 Å². The molecule has 2 N–H and O–H groups in total. The van der Waals surface area contributed by atoms with Crippen LogP contribution >= 0.6 is 11.8 Å². The molecule has 5 unspecified atom stereocenters. The summed E-state index contributed by atoms with van der Waals surface area (Å²) in [5.41, 5.74) is 3.27. The maximum Gasteiger partial charge on any atom is 0.110 e.